The lowest BCUT2D eigenvalue weighted by Crippen LogP contribution is -2.14. The van der Waals surface area contributed by atoms with Crippen molar-refractivity contribution in [3.63, 3.8) is 0 Å². The molecule has 2 N–H and O–H groups in total. The summed E-state index contributed by atoms with van der Waals surface area (Å²) in [5.41, 5.74) is 2.21. The quantitative estimate of drug-likeness (QED) is 0.661. The van der Waals surface area contributed by atoms with Crippen molar-refractivity contribution in [2.24, 2.45) is 0 Å². The van der Waals surface area contributed by atoms with Crippen molar-refractivity contribution in [2.75, 3.05) is 10.6 Å². The predicted octanol–water partition coefficient (Wildman–Crippen LogP) is 3.81. The Balaban J connectivity index is 2.10. The van der Waals surface area contributed by atoms with Crippen LogP contribution in [-0.2, 0) is 4.79 Å². The molecule has 0 spiro atoms. The van der Waals surface area contributed by atoms with E-state index in [1.807, 2.05) is 32.0 Å². The fourth-order valence-corrected chi connectivity index (χ4v) is 1.97. The molecule has 1 aromatic carbocycles. The summed E-state index contributed by atoms with van der Waals surface area (Å²) in [6.07, 6.45) is 1.33. The van der Waals surface area contributed by atoms with Gasteiger partial charge in [0.2, 0.25) is 0 Å². The van der Waals surface area contributed by atoms with Crippen molar-refractivity contribution >= 4 is 29.0 Å². The first-order valence-corrected chi connectivity index (χ1v) is 7.25. The molecule has 0 bridgehead atoms. The number of amides is 1. The molecule has 116 valence electrons. The molecule has 0 aliphatic carbocycles. The Hall–Kier alpha value is -2.84. The summed E-state index contributed by atoms with van der Waals surface area (Å²) in [5, 5.41) is 15.2. The van der Waals surface area contributed by atoms with E-state index in [-0.39, 0.29) is 5.57 Å². The van der Waals surface area contributed by atoms with Crippen molar-refractivity contribution in [3.8, 4) is 6.07 Å². The summed E-state index contributed by atoms with van der Waals surface area (Å²) < 4.78 is 0. The number of rotatable bonds is 4. The molecule has 5 nitrogen and oxygen atoms in total. The number of hydrogen-bond acceptors (Lipinski definition) is 4. The van der Waals surface area contributed by atoms with Crippen LogP contribution < -0.4 is 10.6 Å². The molecule has 0 saturated carbocycles. The Morgan fingerprint density at radius 1 is 1.30 bits per heavy atom. The molecule has 0 radical (unpaired) electrons. The van der Waals surface area contributed by atoms with E-state index in [1.165, 1.54) is 6.20 Å². The number of carbonyl (C=O) groups is 1. The molecular formula is C17H15ClN4O. The van der Waals surface area contributed by atoms with Gasteiger partial charge in [-0.2, -0.15) is 5.26 Å². The molecule has 1 aromatic heterocycles. The fourth-order valence-electron chi connectivity index (χ4n) is 1.79. The topological polar surface area (TPSA) is 77.8 Å². The number of nitriles is 1. The number of pyridine rings is 1. The normalized spacial score (nSPS) is 10.8. The smallest absolute Gasteiger partial charge is 0.267 e. The maximum Gasteiger partial charge on any atom is 0.267 e. The van der Waals surface area contributed by atoms with E-state index in [1.54, 1.807) is 24.3 Å². The van der Waals surface area contributed by atoms with E-state index in [0.29, 0.717) is 16.5 Å². The molecule has 23 heavy (non-hydrogen) atoms. The van der Waals surface area contributed by atoms with Crippen LogP contribution in [0.5, 0.6) is 0 Å². The van der Waals surface area contributed by atoms with Gasteiger partial charge in [-0.3, -0.25) is 4.79 Å². The average Bonchev–Trinajstić information content (AvgIpc) is 2.51. The van der Waals surface area contributed by atoms with Crippen molar-refractivity contribution in [1.82, 2.24) is 4.98 Å². The largest absolute Gasteiger partial charge is 0.345 e. The van der Waals surface area contributed by atoms with Gasteiger partial charge < -0.3 is 10.6 Å². The number of carbonyl (C=O) groups excluding carboxylic acids is 1. The Labute approximate surface area is 139 Å². The molecule has 2 aromatic rings. The zero-order valence-electron chi connectivity index (χ0n) is 12.7. The molecule has 0 atom stereocenters. The number of nitrogens with one attached hydrogen (secondary N) is 2. The zero-order valence-corrected chi connectivity index (χ0v) is 13.5. The van der Waals surface area contributed by atoms with Crippen LogP contribution in [0.1, 0.15) is 11.3 Å². The first kappa shape index (κ1) is 16.5. The van der Waals surface area contributed by atoms with Crippen molar-refractivity contribution in [2.45, 2.75) is 13.8 Å². The Morgan fingerprint density at radius 2 is 2.09 bits per heavy atom. The molecular weight excluding hydrogens is 312 g/mol. The van der Waals surface area contributed by atoms with Crippen LogP contribution in [0, 0.1) is 25.2 Å². The summed E-state index contributed by atoms with van der Waals surface area (Å²) in [6.45, 7) is 3.72. The highest BCUT2D eigenvalue weighted by Gasteiger charge is 2.10. The number of anilines is 2. The third-order valence-corrected chi connectivity index (χ3v) is 3.45. The molecule has 1 heterocycles. The van der Waals surface area contributed by atoms with Crippen LogP contribution in [0.15, 0.2) is 48.2 Å². The Kier molecular flexibility index (Phi) is 5.34. The van der Waals surface area contributed by atoms with Crippen molar-refractivity contribution in [3.05, 3.63) is 64.5 Å². The van der Waals surface area contributed by atoms with Gasteiger partial charge in [0.15, 0.2) is 0 Å². The second-order valence-electron chi connectivity index (χ2n) is 4.90. The van der Waals surface area contributed by atoms with E-state index in [2.05, 4.69) is 15.6 Å². The van der Waals surface area contributed by atoms with Gasteiger partial charge >= 0.3 is 0 Å². The summed E-state index contributed by atoms with van der Waals surface area (Å²) in [6, 6.07) is 12.5. The number of hydrogen-bond donors (Lipinski definition) is 2. The lowest BCUT2D eigenvalue weighted by atomic mass is 10.2. The lowest BCUT2D eigenvalue weighted by molar-refractivity contribution is -0.112. The molecule has 0 saturated heterocycles. The highest BCUT2D eigenvalue weighted by Crippen LogP contribution is 2.20. The Bertz CT molecular complexity index is 808. The summed E-state index contributed by atoms with van der Waals surface area (Å²) in [7, 11) is 0. The van der Waals surface area contributed by atoms with E-state index in [0.717, 1.165) is 11.3 Å². The zero-order chi connectivity index (χ0) is 16.8. The molecule has 0 unspecified atom stereocenters. The van der Waals surface area contributed by atoms with E-state index in [9.17, 15) is 4.79 Å². The minimum absolute atomic E-state index is 0.0648. The van der Waals surface area contributed by atoms with Crippen molar-refractivity contribution < 1.29 is 4.79 Å². The number of benzene rings is 1. The van der Waals surface area contributed by atoms with Gasteiger partial charge in [0.05, 0.1) is 0 Å². The number of nitrogens with zero attached hydrogens (tertiary/aromatic N) is 2. The summed E-state index contributed by atoms with van der Waals surface area (Å²) in [5.74, 6) is 0.0384. The third kappa shape index (κ3) is 4.56. The van der Waals surface area contributed by atoms with Gasteiger partial charge in [-0.25, -0.2) is 4.98 Å². The molecule has 0 aliphatic rings. The molecule has 0 fully saturated rings. The van der Waals surface area contributed by atoms with E-state index < -0.39 is 5.91 Å². The van der Waals surface area contributed by atoms with E-state index in [4.69, 9.17) is 16.9 Å². The second-order valence-corrected chi connectivity index (χ2v) is 5.30. The van der Waals surface area contributed by atoms with Gasteiger partial charge in [0.25, 0.3) is 5.91 Å². The standard InChI is InChI=1S/C17H15ClN4O/c1-11-6-7-14(8-15(11)18)22-17(23)13(9-19)10-20-16-5-3-4-12(2)21-16/h3-8,10H,1-2H3,(H,20,21)(H,22,23)/b13-10-. The second kappa shape index (κ2) is 7.43. The van der Waals surface area contributed by atoms with Gasteiger partial charge in [-0.15, -0.1) is 0 Å². The van der Waals surface area contributed by atoms with Crippen LogP contribution in [0.2, 0.25) is 5.02 Å². The number of aromatic nitrogens is 1. The van der Waals surface area contributed by atoms with Crippen LogP contribution in [0.25, 0.3) is 0 Å². The summed E-state index contributed by atoms with van der Waals surface area (Å²) in [4.78, 5) is 16.4. The van der Waals surface area contributed by atoms with Crippen LogP contribution in [0.3, 0.4) is 0 Å². The highest BCUT2D eigenvalue weighted by atomic mass is 35.5. The Morgan fingerprint density at radius 3 is 2.74 bits per heavy atom. The SMILES string of the molecule is Cc1cccc(N/C=C(/C#N)C(=O)Nc2ccc(C)c(Cl)c2)n1. The van der Waals surface area contributed by atoms with Crippen LogP contribution >= 0.6 is 11.6 Å². The maximum atomic E-state index is 12.1. The monoisotopic (exact) mass is 326 g/mol. The van der Waals surface area contributed by atoms with Gasteiger partial charge in [-0.1, -0.05) is 23.7 Å². The third-order valence-electron chi connectivity index (χ3n) is 3.05. The fraction of sp³-hybridized carbons (Fsp3) is 0.118. The highest BCUT2D eigenvalue weighted by molar-refractivity contribution is 6.31. The number of aryl methyl sites for hydroxylation is 2. The van der Waals surface area contributed by atoms with E-state index >= 15 is 0 Å². The van der Waals surface area contributed by atoms with Crippen LogP contribution in [-0.4, -0.2) is 10.9 Å². The van der Waals surface area contributed by atoms with Gasteiger partial charge in [-0.05, 0) is 43.7 Å². The first-order chi connectivity index (χ1) is 11.0. The molecule has 0 aliphatic heterocycles. The average molecular weight is 327 g/mol. The minimum atomic E-state index is -0.521. The minimum Gasteiger partial charge on any atom is -0.345 e. The van der Waals surface area contributed by atoms with Crippen LogP contribution in [0.4, 0.5) is 11.5 Å². The van der Waals surface area contributed by atoms with Crippen molar-refractivity contribution in [1.29, 1.82) is 5.26 Å². The summed E-state index contributed by atoms with van der Waals surface area (Å²) >= 11 is 6.02. The lowest BCUT2D eigenvalue weighted by Gasteiger charge is -2.06. The number of halogens is 1. The molecule has 6 heteroatoms. The van der Waals surface area contributed by atoms with Gasteiger partial charge in [0.1, 0.15) is 17.5 Å². The molecule has 2 rings (SSSR count). The molecule has 1 amide bonds. The first-order valence-electron chi connectivity index (χ1n) is 6.87. The van der Waals surface area contributed by atoms with Gasteiger partial charge in [0, 0.05) is 22.6 Å². The maximum absolute atomic E-state index is 12.1. The predicted molar refractivity (Wildman–Crippen MR) is 91.1 cm³/mol.